The lowest BCUT2D eigenvalue weighted by Gasteiger charge is -2.47. The third-order valence-electron chi connectivity index (χ3n) is 5.11. The highest BCUT2D eigenvalue weighted by molar-refractivity contribution is 5.91. The van der Waals surface area contributed by atoms with Crippen LogP contribution in [0.25, 0.3) is 0 Å². The predicted octanol–water partition coefficient (Wildman–Crippen LogP) is 2.00. The number of hydrogen-bond acceptors (Lipinski definition) is 5. The predicted molar refractivity (Wildman–Crippen MR) is 92.7 cm³/mol. The van der Waals surface area contributed by atoms with Crippen molar-refractivity contribution in [3.05, 3.63) is 23.7 Å². The summed E-state index contributed by atoms with van der Waals surface area (Å²) in [5, 5.41) is 6.89. The molecule has 140 valence electrons. The largest absolute Gasteiger partial charge is 0.483 e. The SMILES string of the molecule is Cc1ccc(C(=O)N2CCC3(CC2)CC(N(C)C)CCO3)o1.O=CO. The number of carbonyl (C=O) groups excluding carboxylic acids is 1. The number of carbonyl (C=O) groups is 2. The van der Waals surface area contributed by atoms with Gasteiger partial charge in [-0.3, -0.25) is 9.59 Å². The molecule has 0 bridgehead atoms. The second kappa shape index (κ2) is 8.49. The summed E-state index contributed by atoms with van der Waals surface area (Å²) in [6, 6.07) is 4.19. The van der Waals surface area contributed by atoms with Gasteiger partial charge >= 0.3 is 0 Å². The molecule has 1 aromatic heterocycles. The van der Waals surface area contributed by atoms with Gasteiger partial charge in [0.15, 0.2) is 5.76 Å². The zero-order valence-electron chi connectivity index (χ0n) is 15.2. The fraction of sp³-hybridized carbons (Fsp3) is 0.667. The standard InChI is InChI=1S/C17H26N2O3.CH2O2/c1-13-4-5-15(22-13)16(20)19-9-7-17(8-10-19)12-14(18(2)3)6-11-21-17;2-1-3/h4-5,14H,6-12H2,1-3H3;1H,(H,2,3). The van der Waals surface area contributed by atoms with Crippen molar-refractivity contribution >= 4 is 12.4 Å². The number of ether oxygens (including phenoxy) is 1. The summed E-state index contributed by atoms with van der Waals surface area (Å²) in [4.78, 5) is 25.0. The van der Waals surface area contributed by atoms with E-state index in [0.29, 0.717) is 11.8 Å². The minimum Gasteiger partial charge on any atom is -0.483 e. The Balaban J connectivity index is 0.000000701. The molecule has 0 aliphatic carbocycles. The van der Waals surface area contributed by atoms with Crippen molar-refractivity contribution in [2.24, 2.45) is 0 Å². The molecule has 1 atom stereocenters. The number of likely N-dealkylation sites (tertiary alicyclic amines) is 1. The van der Waals surface area contributed by atoms with Gasteiger partial charge in [0, 0.05) is 25.7 Å². The van der Waals surface area contributed by atoms with Crippen molar-refractivity contribution in [2.75, 3.05) is 33.8 Å². The Bertz CT molecular complexity index is 576. The third kappa shape index (κ3) is 4.83. The number of carboxylic acid groups (broad SMARTS) is 1. The Morgan fingerprint density at radius 3 is 2.52 bits per heavy atom. The van der Waals surface area contributed by atoms with Crippen molar-refractivity contribution in [1.29, 1.82) is 0 Å². The molecular weight excluding hydrogens is 324 g/mol. The summed E-state index contributed by atoms with van der Waals surface area (Å²) in [5.74, 6) is 1.23. The van der Waals surface area contributed by atoms with Crippen molar-refractivity contribution < 1.29 is 23.8 Å². The lowest BCUT2D eigenvalue weighted by atomic mass is 9.82. The zero-order valence-corrected chi connectivity index (χ0v) is 15.2. The van der Waals surface area contributed by atoms with Crippen molar-refractivity contribution in [3.63, 3.8) is 0 Å². The molecule has 25 heavy (non-hydrogen) atoms. The topological polar surface area (TPSA) is 83.2 Å². The van der Waals surface area contributed by atoms with Crippen molar-refractivity contribution in [3.8, 4) is 0 Å². The Hall–Kier alpha value is -1.86. The van der Waals surface area contributed by atoms with Crippen LogP contribution in [0.2, 0.25) is 0 Å². The summed E-state index contributed by atoms with van der Waals surface area (Å²) in [5.41, 5.74) is -0.0386. The molecule has 1 spiro atoms. The van der Waals surface area contributed by atoms with Gasteiger partial charge in [-0.15, -0.1) is 0 Å². The molecule has 1 amide bonds. The molecule has 2 aliphatic rings. The third-order valence-corrected chi connectivity index (χ3v) is 5.11. The Morgan fingerprint density at radius 1 is 1.36 bits per heavy atom. The van der Waals surface area contributed by atoms with E-state index in [1.165, 1.54) is 0 Å². The van der Waals surface area contributed by atoms with Gasteiger partial charge in [0.05, 0.1) is 5.60 Å². The van der Waals surface area contributed by atoms with Gasteiger partial charge in [-0.25, -0.2) is 0 Å². The molecule has 2 fully saturated rings. The van der Waals surface area contributed by atoms with Crippen LogP contribution in [-0.4, -0.2) is 72.7 Å². The summed E-state index contributed by atoms with van der Waals surface area (Å²) >= 11 is 0. The Labute approximate surface area is 148 Å². The maximum Gasteiger partial charge on any atom is 0.290 e. The van der Waals surface area contributed by atoms with Gasteiger partial charge in [-0.1, -0.05) is 0 Å². The molecule has 1 unspecified atom stereocenters. The maximum atomic E-state index is 12.4. The first-order valence-electron chi connectivity index (χ1n) is 8.65. The first-order chi connectivity index (χ1) is 11.9. The van der Waals surface area contributed by atoms with Crippen LogP contribution < -0.4 is 0 Å². The number of aryl methyl sites for hydroxylation is 1. The molecule has 3 heterocycles. The van der Waals surface area contributed by atoms with Crippen LogP contribution in [0.5, 0.6) is 0 Å². The normalized spacial score (nSPS) is 22.4. The zero-order chi connectivity index (χ0) is 18.4. The van der Waals surface area contributed by atoms with Crippen LogP contribution in [0.4, 0.5) is 0 Å². The van der Waals surface area contributed by atoms with Gasteiger partial charge in [0.2, 0.25) is 0 Å². The van der Waals surface area contributed by atoms with E-state index in [2.05, 4.69) is 19.0 Å². The molecule has 3 rings (SSSR count). The highest BCUT2D eigenvalue weighted by atomic mass is 16.5. The molecule has 7 nitrogen and oxygen atoms in total. The van der Waals surface area contributed by atoms with E-state index in [1.54, 1.807) is 6.07 Å². The van der Waals surface area contributed by atoms with Crippen LogP contribution in [0.1, 0.15) is 42.0 Å². The number of furan rings is 1. The molecule has 7 heteroatoms. The number of rotatable bonds is 2. The molecular formula is C18H28N2O5. The molecule has 2 aliphatic heterocycles. The van der Waals surface area contributed by atoms with Crippen molar-refractivity contribution in [1.82, 2.24) is 9.80 Å². The van der Waals surface area contributed by atoms with Gasteiger partial charge in [-0.2, -0.15) is 0 Å². The first kappa shape index (κ1) is 19.5. The average Bonchev–Trinajstić information content (AvgIpc) is 3.02. The maximum absolute atomic E-state index is 12.4. The number of nitrogens with zero attached hydrogens (tertiary/aromatic N) is 2. The number of piperidine rings is 1. The first-order valence-corrected chi connectivity index (χ1v) is 8.65. The molecule has 1 N–H and O–H groups in total. The fourth-order valence-corrected chi connectivity index (χ4v) is 3.61. The highest BCUT2D eigenvalue weighted by Gasteiger charge is 2.41. The van der Waals surface area contributed by atoms with Crippen LogP contribution >= 0.6 is 0 Å². The van der Waals surface area contributed by atoms with E-state index in [-0.39, 0.29) is 18.0 Å². The Kier molecular flexibility index (Phi) is 6.61. The molecule has 0 aromatic carbocycles. The quantitative estimate of drug-likeness (QED) is 0.820. The monoisotopic (exact) mass is 352 g/mol. The highest BCUT2D eigenvalue weighted by Crippen LogP contribution is 2.36. The van der Waals surface area contributed by atoms with Crippen LogP contribution in [0, 0.1) is 6.92 Å². The van der Waals surface area contributed by atoms with Crippen molar-refractivity contribution in [2.45, 2.75) is 44.2 Å². The van der Waals surface area contributed by atoms with Gasteiger partial charge in [-0.05, 0) is 58.8 Å². The van der Waals surface area contributed by atoms with E-state index in [1.807, 2.05) is 17.9 Å². The van der Waals surface area contributed by atoms with E-state index >= 15 is 0 Å². The van der Waals surface area contributed by atoms with Crippen LogP contribution in [-0.2, 0) is 9.53 Å². The lowest BCUT2D eigenvalue weighted by Crippen LogP contribution is -2.53. The van der Waals surface area contributed by atoms with E-state index < -0.39 is 0 Å². The molecule has 0 radical (unpaired) electrons. The second-order valence-electron chi connectivity index (χ2n) is 6.95. The summed E-state index contributed by atoms with van der Waals surface area (Å²) < 4.78 is 11.6. The smallest absolute Gasteiger partial charge is 0.290 e. The molecule has 1 aromatic rings. The fourth-order valence-electron chi connectivity index (χ4n) is 3.61. The molecule has 2 saturated heterocycles. The second-order valence-corrected chi connectivity index (χ2v) is 6.95. The average molecular weight is 352 g/mol. The van der Waals surface area contributed by atoms with Crippen LogP contribution in [0.3, 0.4) is 0 Å². The van der Waals surface area contributed by atoms with Gasteiger partial charge < -0.3 is 24.1 Å². The minimum absolute atomic E-state index is 0.00270. The number of amides is 1. The lowest BCUT2D eigenvalue weighted by molar-refractivity contribution is -0.126. The minimum atomic E-state index is -0.250. The summed E-state index contributed by atoms with van der Waals surface area (Å²) in [6.45, 7) is 3.94. The summed E-state index contributed by atoms with van der Waals surface area (Å²) in [6.07, 6.45) is 4.01. The number of hydrogen-bond donors (Lipinski definition) is 1. The Morgan fingerprint density at radius 2 is 2.00 bits per heavy atom. The van der Waals surface area contributed by atoms with Gasteiger partial charge in [0.25, 0.3) is 12.4 Å². The van der Waals surface area contributed by atoms with E-state index in [9.17, 15) is 4.79 Å². The van der Waals surface area contributed by atoms with E-state index in [0.717, 1.165) is 51.1 Å². The molecule has 0 saturated carbocycles. The van der Waals surface area contributed by atoms with Gasteiger partial charge in [0.1, 0.15) is 5.76 Å². The summed E-state index contributed by atoms with van der Waals surface area (Å²) in [7, 11) is 4.28. The van der Waals surface area contributed by atoms with Crippen LogP contribution in [0.15, 0.2) is 16.5 Å². The van der Waals surface area contributed by atoms with E-state index in [4.69, 9.17) is 19.1 Å².